The fourth-order valence-electron chi connectivity index (χ4n) is 1.50. The molecule has 8 heteroatoms. The number of aromatic nitrogens is 2. The molecule has 0 bridgehead atoms. The zero-order valence-corrected chi connectivity index (χ0v) is 11.0. The third kappa shape index (κ3) is 2.80. The summed E-state index contributed by atoms with van der Waals surface area (Å²) in [5.41, 5.74) is 3.44. The first kappa shape index (κ1) is 13.2. The van der Waals surface area contributed by atoms with Gasteiger partial charge in [0.05, 0.1) is 5.69 Å². The van der Waals surface area contributed by atoms with Crippen molar-refractivity contribution in [3.63, 3.8) is 0 Å². The molecular formula is C11H13N5O2S. The van der Waals surface area contributed by atoms with Crippen molar-refractivity contribution >= 4 is 21.5 Å². The molecule has 2 aromatic heterocycles. The molecular weight excluding hydrogens is 266 g/mol. The highest BCUT2D eigenvalue weighted by atomic mass is 32.2. The number of aryl methyl sites for hydroxylation is 1. The summed E-state index contributed by atoms with van der Waals surface area (Å²) in [6.07, 6.45) is 4.53. The minimum atomic E-state index is -3.76. The van der Waals surface area contributed by atoms with Crippen LogP contribution in [0.25, 0.3) is 0 Å². The lowest BCUT2D eigenvalue weighted by molar-refractivity contribution is 0.601. The van der Waals surface area contributed by atoms with Gasteiger partial charge < -0.3 is 5.43 Å². The first-order chi connectivity index (χ1) is 9.04. The molecule has 0 aliphatic heterocycles. The van der Waals surface area contributed by atoms with Gasteiger partial charge in [-0.15, -0.1) is 0 Å². The van der Waals surface area contributed by atoms with Crippen molar-refractivity contribution in [2.24, 2.45) is 5.84 Å². The minimum Gasteiger partial charge on any atom is -0.307 e. The van der Waals surface area contributed by atoms with Gasteiger partial charge in [0.25, 0.3) is 10.0 Å². The van der Waals surface area contributed by atoms with E-state index in [1.54, 1.807) is 19.2 Å². The summed E-state index contributed by atoms with van der Waals surface area (Å²) >= 11 is 0. The maximum atomic E-state index is 12.3. The van der Waals surface area contributed by atoms with E-state index in [9.17, 15) is 8.42 Å². The number of nitrogens with zero attached hydrogens (tertiary/aromatic N) is 2. The van der Waals surface area contributed by atoms with Gasteiger partial charge >= 0.3 is 0 Å². The van der Waals surface area contributed by atoms with Crippen molar-refractivity contribution in [3.05, 3.63) is 42.4 Å². The number of anilines is 2. The van der Waals surface area contributed by atoms with E-state index in [1.807, 2.05) is 0 Å². The van der Waals surface area contributed by atoms with Crippen molar-refractivity contribution in [3.8, 4) is 0 Å². The van der Waals surface area contributed by atoms with Gasteiger partial charge in [-0.3, -0.25) is 9.71 Å². The second-order valence-electron chi connectivity index (χ2n) is 3.79. The van der Waals surface area contributed by atoms with Gasteiger partial charge in [0, 0.05) is 18.6 Å². The van der Waals surface area contributed by atoms with Gasteiger partial charge in [0.2, 0.25) is 0 Å². The van der Waals surface area contributed by atoms with E-state index < -0.39 is 10.0 Å². The molecule has 0 spiro atoms. The average Bonchev–Trinajstić information content (AvgIpc) is 2.41. The van der Waals surface area contributed by atoms with Gasteiger partial charge in [0.1, 0.15) is 4.90 Å². The summed E-state index contributed by atoms with van der Waals surface area (Å²) in [7, 11) is -3.76. The summed E-state index contributed by atoms with van der Waals surface area (Å²) in [6, 6.07) is 4.52. The molecule has 0 saturated carbocycles. The van der Waals surface area contributed by atoms with Crippen LogP contribution >= 0.6 is 0 Å². The zero-order chi connectivity index (χ0) is 13.9. The first-order valence-corrected chi connectivity index (χ1v) is 6.88. The highest BCUT2D eigenvalue weighted by Crippen LogP contribution is 2.22. The second-order valence-corrected chi connectivity index (χ2v) is 5.44. The van der Waals surface area contributed by atoms with Crippen LogP contribution < -0.4 is 16.0 Å². The Balaban J connectivity index is 2.41. The second kappa shape index (κ2) is 5.21. The van der Waals surface area contributed by atoms with Crippen molar-refractivity contribution < 1.29 is 8.42 Å². The lowest BCUT2D eigenvalue weighted by atomic mass is 10.3. The van der Waals surface area contributed by atoms with Crippen LogP contribution in [0.1, 0.15) is 5.56 Å². The number of hydrazine groups is 1. The number of nitrogen functional groups attached to an aromatic ring is 1. The molecule has 100 valence electrons. The predicted molar refractivity (Wildman–Crippen MR) is 71.8 cm³/mol. The number of nitrogens with two attached hydrogens (primary N) is 1. The fraction of sp³-hybridized carbons (Fsp3) is 0.0909. The van der Waals surface area contributed by atoms with Crippen LogP contribution in [0.4, 0.5) is 11.5 Å². The van der Waals surface area contributed by atoms with Gasteiger partial charge in [-0.1, -0.05) is 0 Å². The molecule has 0 unspecified atom stereocenters. The molecule has 0 aliphatic carbocycles. The Morgan fingerprint density at radius 1 is 1.26 bits per heavy atom. The Kier molecular flexibility index (Phi) is 3.63. The van der Waals surface area contributed by atoms with Crippen LogP contribution in [0, 0.1) is 6.92 Å². The van der Waals surface area contributed by atoms with Gasteiger partial charge in [-0.25, -0.2) is 19.2 Å². The van der Waals surface area contributed by atoms with E-state index in [0.717, 1.165) is 5.56 Å². The molecule has 7 nitrogen and oxygen atoms in total. The molecule has 19 heavy (non-hydrogen) atoms. The van der Waals surface area contributed by atoms with E-state index in [2.05, 4.69) is 20.1 Å². The van der Waals surface area contributed by atoms with Crippen LogP contribution in [0.3, 0.4) is 0 Å². The third-order valence-electron chi connectivity index (χ3n) is 2.46. The van der Waals surface area contributed by atoms with Gasteiger partial charge in [-0.05, 0) is 30.7 Å². The molecule has 0 amide bonds. The molecule has 0 saturated heterocycles. The fourth-order valence-corrected chi connectivity index (χ4v) is 2.76. The summed E-state index contributed by atoms with van der Waals surface area (Å²) < 4.78 is 27.0. The molecule has 0 aliphatic rings. The highest BCUT2D eigenvalue weighted by molar-refractivity contribution is 7.92. The lowest BCUT2D eigenvalue weighted by Crippen LogP contribution is -2.18. The summed E-state index contributed by atoms with van der Waals surface area (Å²) in [5, 5.41) is 0. The van der Waals surface area contributed by atoms with E-state index in [-0.39, 0.29) is 10.7 Å². The van der Waals surface area contributed by atoms with Gasteiger partial charge in [0.15, 0.2) is 5.82 Å². The predicted octanol–water partition coefficient (Wildman–Crippen LogP) is 0.871. The Bertz CT molecular complexity index is 687. The number of nitrogens with one attached hydrogen (secondary N) is 2. The Morgan fingerprint density at radius 2 is 2.05 bits per heavy atom. The Hall–Kier alpha value is -2.19. The largest absolute Gasteiger partial charge is 0.307 e. The molecule has 0 aromatic carbocycles. The standard InChI is InChI=1S/C11H13N5O2S/c1-8-7-13-6-4-9(8)16-19(17,18)10-3-2-5-14-11(10)15-12/h2-7H,12H2,1H3,(H,13,16)(H,14,15). The van der Waals surface area contributed by atoms with E-state index in [1.165, 1.54) is 24.5 Å². The smallest absolute Gasteiger partial charge is 0.265 e. The lowest BCUT2D eigenvalue weighted by Gasteiger charge is -2.12. The molecule has 0 radical (unpaired) electrons. The normalized spacial score (nSPS) is 11.1. The van der Waals surface area contributed by atoms with Crippen LogP contribution in [-0.2, 0) is 10.0 Å². The summed E-state index contributed by atoms with van der Waals surface area (Å²) in [4.78, 5) is 7.74. The monoisotopic (exact) mass is 279 g/mol. The minimum absolute atomic E-state index is 0.0197. The number of sulfonamides is 1. The molecule has 2 aromatic rings. The van der Waals surface area contributed by atoms with E-state index in [0.29, 0.717) is 5.69 Å². The maximum Gasteiger partial charge on any atom is 0.265 e. The Morgan fingerprint density at radius 3 is 2.74 bits per heavy atom. The maximum absolute atomic E-state index is 12.3. The van der Waals surface area contributed by atoms with Crippen molar-refractivity contribution in [1.29, 1.82) is 0 Å². The topological polar surface area (TPSA) is 110 Å². The molecule has 2 heterocycles. The first-order valence-electron chi connectivity index (χ1n) is 5.39. The van der Waals surface area contributed by atoms with E-state index in [4.69, 9.17) is 5.84 Å². The molecule has 0 atom stereocenters. The van der Waals surface area contributed by atoms with E-state index >= 15 is 0 Å². The van der Waals surface area contributed by atoms with Crippen molar-refractivity contribution in [2.45, 2.75) is 11.8 Å². The quantitative estimate of drug-likeness (QED) is 0.566. The van der Waals surface area contributed by atoms with Crippen LogP contribution in [-0.4, -0.2) is 18.4 Å². The average molecular weight is 279 g/mol. The molecule has 2 rings (SSSR count). The number of hydrogen-bond donors (Lipinski definition) is 3. The number of rotatable bonds is 4. The highest BCUT2D eigenvalue weighted by Gasteiger charge is 2.19. The Labute approximate surface area is 110 Å². The molecule has 4 N–H and O–H groups in total. The zero-order valence-electron chi connectivity index (χ0n) is 10.2. The SMILES string of the molecule is Cc1cnccc1NS(=O)(=O)c1cccnc1NN. The van der Waals surface area contributed by atoms with Crippen molar-refractivity contribution in [1.82, 2.24) is 9.97 Å². The summed E-state index contributed by atoms with van der Waals surface area (Å²) in [6.45, 7) is 1.76. The van der Waals surface area contributed by atoms with Crippen LogP contribution in [0.5, 0.6) is 0 Å². The van der Waals surface area contributed by atoms with Crippen LogP contribution in [0.15, 0.2) is 41.7 Å². The third-order valence-corrected chi connectivity index (χ3v) is 3.86. The number of pyridine rings is 2. The van der Waals surface area contributed by atoms with Crippen molar-refractivity contribution in [2.75, 3.05) is 10.1 Å². The summed E-state index contributed by atoms with van der Waals surface area (Å²) in [5.74, 6) is 5.34. The van der Waals surface area contributed by atoms with Gasteiger partial charge in [-0.2, -0.15) is 0 Å². The number of hydrogen-bond acceptors (Lipinski definition) is 6. The molecule has 0 fully saturated rings. The van der Waals surface area contributed by atoms with Crippen LogP contribution in [0.2, 0.25) is 0 Å².